The van der Waals surface area contributed by atoms with Gasteiger partial charge in [-0.05, 0) is 37.3 Å². The van der Waals surface area contributed by atoms with Gasteiger partial charge in [-0.15, -0.1) is 0 Å². The summed E-state index contributed by atoms with van der Waals surface area (Å²) < 4.78 is 24.8. The molecule has 3 rings (SSSR count). The maximum atomic E-state index is 12.5. The van der Waals surface area contributed by atoms with Gasteiger partial charge >= 0.3 is 0 Å². The first kappa shape index (κ1) is 19.6. The Morgan fingerprint density at radius 3 is 2.39 bits per heavy atom. The number of sulfone groups is 1. The average molecular weight is 399 g/mol. The number of carbonyl (C=O) groups excluding carboxylic acids is 1. The van der Waals surface area contributed by atoms with E-state index in [-0.39, 0.29) is 10.8 Å². The zero-order valence-corrected chi connectivity index (χ0v) is 16.9. The Kier molecular flexibility index (Phi) is 4.95. The highest BCUT2D eigenvalue weighted by Gasteiger charge is 2.19. The highest BCUT2D eigenvalue weighted by molar-refractivity contribution is 7.90. The molecule has 0 aliphatic rings. The minimum absolute atomic E-state index is 0.160. The Morgan fingerprint density at radius 1 is 1.21 bits per heavy atom. The average Bonchev–Trinajstić information content (AvgIpc) is 2.99. The van der Waals surface area contributed by atoms with Crippen molar-refractivity contribution >= 4 is 44.1 Å². The van der Waals surface area contributed by atoms with Crippen molar-refractivity contribution in [3.05, 3.63) is 48.8 Å². The molecule has 0 radical (unpaired) electrons. The zero-order valence-electron chi connectivity index (χ0n) is 16.1. The van der Waals surface area contributed by atoms with E-state index in [0.717, 1.165) is 6.26 Å². The molecule has 28 heavy (non-hydrogen) atoms. The van der Waals surface area contributed by atoms with E-state index in [4.69, 9.17) is 0 Å². The van der Waals surface area contributed by atoms with E-state index in [2.05, 4.69) is 21.9 Å². The molecule has 0 fully saturated rings. The van der Waals surface area contributed by atoms with Crippen LogP contribution in [-0.2, 0) is 9.84 Å². The topological polar surface area (TPSA) is 97.2 Å². The van der Waals surface area contributed by atoms with Crippen LogP contribution in [0.3, 0.4) is 0 Å². The third kappa shape index (κ3) is 3.74. The number of benzene rings is 1. The number of hydrogen-bond acceptors (Lipinski definition) is 6. The van der Waals surface area contributed by atoms with Crippen LogP contribution >= 0.6 is 0 Å². The molecule has 0 saturated heterocycles. The largest absolute Gasteiger partial charge is 0.343 e. The van der Waals surface area contributed by atoms with Crippen LogP contribution < -0.4 is 5.32 Å². The van der Waals surface area contributed by atoms with Crippen molar-refractivity contribution < 1.29 is 13.2 Å². The predicted molar refractivity (Wildman–Crippen MR) is 109 cm³/mol. The second kappa shape index (κ2) is 7.08. The van der Waals surface area contributed by atoms with Gasteiger partial charge < -0.3 is 10.2 Å². The molecule has 0 atom stereocenters. The fourth-order valence-corrected chi connectivity index (χ4v) is 3.37. The number of rotatable bonds is 5. The summed E-state index contributed by atoms with van der Waals surface area (Å²) in [5.41, 5.74) is 2.31. The molecule has 0 unspecified atom stereocenters. The smallest absolute Gasteiger partial charge is 0.270 e. The Bertz CT molecular complexity index is 1180. The summed E-state index contributed by atoms with van der Waals surface area (Å²) in [6.07, 6.45) is 2.78. The number of nitrogens with zero attached hydrogens (tertiary/aromatic N) is 4. The lowest BCUT2D eigenvalue weighted by Crippen LogP contribution is -2.24. The lowest BCUT2D eigenvalue weighted by molar-refractivity contribution is 0.0820. The summed E-state index contributed by atoms with van der Waals surface area (Å²) in [4.78, 5) is 23.0. The molecule has 1 N–H and O–H groups in total. The van der Waals surface area contributed by atoms with Gasteiger partial charge in [-0.1, -0.05) is 6.58 Å². The third-order valence-corrected chi connectivity index (χ3v) is 5.21. The number of fused-ring (bicyclic) bond motifs is 1. The molecule has 0 aliphatic heterocycles. The second-order valence-electron chi connectivity index (χ2n) is 6.69. The molecule has 0 aliphatic carbocycles. The van der Waals surface area contributed by atoms with E-state index in [1.165, 1.54) is 17.0 Å². The van der Waals surface area contributed by atoms with E-state index in [0.29, 0.717) is 34.1 Å². The molecule has 146 valence electrons. The number of hydrogen-bond donors (Lipinski definition) is 1. The van der Waals surface area contributed by atoms with Gasteiger partial charge in [0.2, 0.25) is 5.95 Å². The van der Waals surface area contributed by atoms with Gasteiger partial charge in [0.05, 0.1) is 4.90 Å². The molecule has 0 saturated carbocycles. The molecule has 9 heteroatoms. The van der Waals surface area contributed by atoms with E-state index in [9.17, 15) is 13.2 Å². The van der Waals surface area contributed by atoms with Crippen molar-refractivity contribution in [1.29, 1.82) is 0 Å². The minimum atomic E-state index is -3.26. The van der Waals surface area contributed by atoms with Crippen molar-refractivity contribution in [2.24, 2.45) is 0 Å². The number of carbonyl (C=O) groups is 1. The molecule has 3 aromatic rings. The van der Waals surface area contributed by atoms with Gasteiger partial charge in [-0.2, -0.15) is 4.98 Å². The van der Waals surface area contributed by atoms with Gasteiger partial charge in [-0.3, -0.25) is 9.36 Å². The van der Waals surface area contributed by atoms with Crippen LogP contribution in [0.4, 0.5) is 11.6 Å². The Morgan fingerprint density at radius 2 is 1.86 bits per heavy atom. The Balaban J connectivity index is 2.01. The molecule has 0 spiro atoms. The second-order valence-corrected chi connectivity index (χ2v) is 8.71. The van der Waals surface area contributed by atoms with E-state index >= 15 is 0 Å². The number of aromatic nitrogens is 3. The van der Waals surface area contributed by atoms with Gasteiger partial charge in [0.1, 0.15) is 5.69 Å². The van der Waals surface area contributed by atoms with Crippen molar-refractivity contribution in [1.82, 2.24) is 19.4 Å². The van der Waals surface area contributed by atoms with Crippen molar-refractivity contribution in [3.8, 4) is 0 Å². The van der Waals surface area contributed by atoms with Gasteiger partial charge in [-0.25, -0.2) is 13.4 Å². The van der Waals surface area contributed by atoms with Crippen LogP contribution in [0, 0.1) is 0 Å². The Labute approximate surface area is 163 Å². The SMILES string of the molecule is C=C(C)n1c(C(=O)N(C)C)cc2cnc(Nc3ccc(S(C)(=O)=O)cc3)nc21. The molecule has 2 aromatic heterocycles. The van der Waals surface area contributed by atoms with Gasteiger partial charge in [0.15, 0.2) is 15.5 Å². The van der Waals surface area contributed by atoms with Crippen LogP contribution in [0.15, 0.2) is 48.0 Å². The molecular weight excluding hydrogens is 378 g/mol. The first-order chi connectivity index (χ1) is 13.1. The zero-order chi connectivity index (χ0) is 20.6. The fraction of sp³-hybridized carbons (Fsp3) is 0.211. The number of anilines is 2. The first-order valence-corrected chi connectivity index (χ1v) is 10.3. The summed E-state index contributed by atoms with van der Waals surface area (Å²) >= 11 is 0. The predicted octanol–water partition coefficient (Wildman–Crippen LogP) is 2.77. The highest BCUT2D eigenvalue weighted by atomic mass is 32.2. The van der Waals surface area contributed by atoms with Crippen LogP contribution in [0.2, 0.25) is 0 Å². The first-order valence-electron chi connectivity index (χ1n) is 8.41. The summed E-state index contributed by atoms with van der Waals surface area (Å²) in [6, 6.07) is 8.05. The third-order valence-electron chi connectivity index (χ3n) is 4.09. The molecule has 8 nitrogen and oxygen atoms in total. The van der Waals surface area contributed by atoms with Crippen LogP contribution in [0.5, 0.6) is 0 Å². The fourth-order valence-electron chi connectivity index (χ4n) is 2.74. The summed E-state index contributed by atoms with van der Waals surface area (Å²) in [7, 11) is 0.107. The van der Waals surface area contributed by atoms with Crippen molar-refractivity contribution in [2.45, 2.75) is 11.8 Å². The van der Waals surface area contributed by atoms with Crippen molar-refractivity contribution in [2.75, 3.05) is 25.7 Å². The molecule has 1 aromatic carbocycles. The van der Waals surface area contributed by atoms with Crippen molar-refractivity contribution in [3.63, 3.8) is 0 Å². The molecule has 2 heterocycles. The number of amides is 1. The maximum absolute atomic E-state index is 12.5. The Hall–Kier alpha value is -3.20. The number of nitrogens with one attached hydrogen (secondary N) is 1. The van der Waals surface area contributed by atoms with Crippen LogP contribution in [-0.4, -0.2) is 54.1 Å². The number of allylic oxidation sites excluding steroid dienone is 1. The standard InChI is InChI=1S/C19H21N5O3S/c1-12(2)24-16(18(25)23(3)4)10-13-11-20-19(22-17(13)24)21-14-6-8-15(9-7-14)28(5,26)27/h6-11H,1H2,2-5H3,(H,20,21,22). The summed E-state index contributed by atoms with van der Waals surface area (Å²) in [5.74, 6) is 0.163. The highest BCUT2D eigenvalue weighted by Crippen LogP contribution is 2.24. The minimum Gasteiger partial charge on any atom is -0.343 e. The van der Waals surface area contributed by atoms with Gasteiger partial charge in [0, 0.05) is 43.3 Å². The lowest BCUT2D eigenvalue weighted by Gasteiger charge is -2.13. The molecule has 0 bridgehead atoms. The summed E-state index contributed by atoms with van der Waals surface area (Å²) in [6.45, 7) is 5.75. The maximum Gasteiger partial charge on any atom is 0.270 e. The molecule has 1 amide bonds. The molecular formula is C19H21N5O3S. The normalized spacial score (nSPS) is 11.4. The summed E-state index contributed by atoms with van der Waals surface area (Å²) in [5, 5.41) is 3.76. The van der Waals surface area contributed by atoms with Gasteiger partial charge in [0.25, 0.3) is 5.91 Å². The quantitative estimate of drug-likeness (QED) is 0.709. The monoisotopic (exact) mass is 399 g/mol. The van der Waals surface area contributed by atoms with E-state index in [1.54, 1.807) is 50.0 Å². The van der Waals surface area contributed by atoms with Crippen LogP contribution in [0.25, 0.3) is 16.7 Å². The van der Waals surface area contributed by atoms with Crippen LogP contribution in [0.1, 0.15) is 17.4 Å². The lowest BCUT2D eigenvalue weighted by atomic mass is 10.3. The van der Waals surface area contributed by atoms with E-state index in [1.807, 2.05) is 0 Å². The van der Waals surface area contributed by atoms with E-state index < -0.39 is 9.84 Å².